The number of carbonyl (C=O) groups excluding carboxylic acids is 1. The fourth-order valence-electron chi connectivity index (χ4n) is 2.30. The molecule has 6 heteroatoms. The molecule has 0 aliphatic carbocycles. The van der Waals surface area contributed by atoms with E-state index in [0.717, 1.165) is 36.2 Å². The molecule has 2 N–H and O–H groups in total. The van der Waals surface area contributed by atoms with Crippen LogP contribution in [0.5, 0.6) is 0 Å². The standard InChI is InChI=1S/C18H23ClN4O/c1-4-5-6-9-20-17(24)16-11-13(3)21-18(23-16)22-15-8-7-14(19)10-12(15)2/h7-8,10-11H,4-6,9H2,1-3H3,(H,20,24)(H,21,22,23). The number of hydrogen-bond donors (Lipinski definition) is 2. The van der Waals surface area contributed by atoms with Gasteiger partial charge in [0, 0.05) is 22.9 Å². The van der Waals surface area contributed by atoms with E-state index in [-0.39, 0.29) is 5.91 Å². The van der Waals surface area contributed by atoms with Crippen LogP contribution in [0.4, 0.5) is 11.6 Å². The third-order valence-corrected chi connectivity index (χ3v) is 3.82. The van der Waals surface area contributed by atoms with E-state index >= 15 is 0 Å². The lowest BCUT2D eigenvalue weighted by molar-refractivity contribution is 0.0948. The minimum atomic E-state index is -0.174. The first-order chi connectivity index (χ1) is 11.5. The molecule has 0 aliphatic rings. The highest BCUT2D eigenvalue weighted by molar-refractivity contribution is 6.30. The second-order valence-electron chi connectivity index (χ2n) is 5.77. The Bertz CT molecular complexity index is 718. The number of unbranched alkanes of at least 4 members (excludes halogenated alkanes) is 2. The Morgan fingerprint density at radius 1 is 1.17 bits per heavy atom. The number of halogens is 1. The molecule has 1 heterocycles. The van der Waals surface area contributed by atoms with Gasteiger partial charge in [0.25, 0.3) is 5.91 Å². The van der Waals surface area contributed by atoms with Gasteiger partial charge in [-0.05, 0) is 50.1 Å². The van der Waals surface area contributed by atoms with E-state index in [4.69, 9.17) is 11.6 Å². The fraction of sp³-hybridized carbons (Fsp3) is 0.389. The number of nitrogens with one attached hydrogen (secondary N) is 2. The van der Waals surface area contributed by atoms with Crippen LogP contribution in [0, 0.1) is 13.8 Å². The van der Waals surface area contributed by atoms with Crippen molar-refractivity contribution in [1.29, 1.82) is 0 Å². The normalized spacial score (nSPS) is 10.5. The molecule has 1 amide bonds. The first-order valence-corrected chi connectivity index (χ1v) is 8.54. The number of hydrogen-bond acceptors (Lipinski definition) is 4. The summed E-state index contributed by atoms with van der Waals surface area (Å²) in [6, 6.07) is 7.22. The molecule has 1 aromatic heterocycles. The van der Waals surface area contributed by atoms with Crippen molar-refractivity contribution in [3.63, 3.8) is 0 Å². The summed E-state index contributed by atoms with van der Waals surface area (Å²) in [5.74, 6) is 0.228. The molecule has 1 aromatic carbocycles. The number of amides is 1. The topological polar surface area (TPSA) is 66.9 Å². The molecule has 0 fully saturated rings. The summed E-state index contributed by atoms with van der Waals surface area (Å²) in [6.45, 7) is 6.59. The lowest BCUT2D eigenvalue weighted by Gasteiger charge is -2.11. The van der Waals surface area contributed by atoms with Gasteiger partial charge < -0.3 is 10.6 Å². The largest absolute Gasteiger partial charge is 0.351 e. The van der Waals surface area contributed by atoms with Crippen molar-refractivity contribution < 1.29 is 4.79 Å². The first kappa shape index (κ1) is 18.2. The Morgan fingerprint density at radius 2 is 1.96 bits per heavy atom. The summed E-state index contributed by atoms with van der Waals surface area (Å²) in [4.78, 5) is 20.9. The van der Waals surface area contributed by atoms with Gasteiger partial charge in [0.2, 0.25) is 5.95 Å². The highest BCUT2D eigenvalue weighted by Gasteiger charge is 2.11. The van der Waals surface area contributed by atoms with Crippen LogP contribution in [0.2, 0.25) is 5.02 Å². The van der Waals surface area contributed by atoms with Gasteiger partial charge in [-0.2, -0.15) is 0 Å². The highest BCUT2D eigenvalue weighted by Crippen LogP contribution is 2.22. The van der Waals surface area contributed by atoms with E-state index in [2.05, 4.69) is 27.5 Å². The molecule has 2 rings (SSSR count). The Labute approximate surface area is 147 Å². The summed E-state index contributed by atoms with van der Waals surface area (Å²) in [6.07, 6.45) is 3.20. The molecule has 0 saturated heterocycles. The third kappa shape index (κ3) is 5.20. The summed E-state index contributed by atoms with van der Waals surface area (Å²) in [5, 5.41) is 6.72. The van der Waals surface area contributed by atoms with E-state index in [1.54, 1.807) is 12.1 Å². The van der Waals surface area contributed by atoms with Crippen LogP contribution >= 0.6 is 11.6 Å². The number of benzene rings is 1. The van der Waals surface area contributed by atoms with Crippen LogP contribution in [-0.2, 0) is 0 Å². The van der Waals surface area contributed by atoms with Gasteiger partial charge in [-0.25, -0.2) is 9.97 Å². The van der Waals surface area contributed by atoms with E-state index in [1.807, 2.05) is 26.0 Å². The smallest absolute Gasteiger partial charge is 0.270 e. The van der Waals surface area contributed by atoms with Gasteiger partial charge in [-0.1, -0.05) is 31.4 Å². The van der Waals surface area contributed by atoms with Crippen molar-refractivity contribution in [3.8, 4) is 0 Å². The van der Waals surface area contributed by atoms with Crippen molar-refractivity contribution in [2.75, 3.05) is 11.9 Å². The van der Waals surface area contributed by atoms with E-state index in [9.17, 15) is 4.79 Å². The van der Waals surface area contributed by atoms with Crippen molar-refractivity contribution in [1.82, 2.24) is 15.3 Å². The SMILES string of the molecule is CCCCCNC(=O)c1cc(C)nc(Nc2ccc(Cl)cc2C)n1. The lowest BCUT2D eigenvalue weighted by atomic mass is 10.2. The Balaban J connectivity index is 2.11. The molecule has 0 saturated carbocycles. The monoisotopic (exact) mass is 346 g/mol. The van der Waals surface area contributed by atoms with E-state index in [1.165, 1.54) is 0 Å². The molecule has 5 nitrogen and oxygen atoms in total. The van der Waals surface area contributed by atoms with Gasteiger partial charge in [0.15, 0.2) is 0 Å². The second kappa shape index (κ2) is 8.64. The molecule has 0 bridgehead atoms. The summed E-state index contributed by atoms with van der Waals surface area (Å²) >= 11 is 5.97. The van der Waals surface area contributed by atoms with Gasteiger partial charge in [0.05, 0.1) is 0 Å². The average Bonchev–Trinajstić information content (AvgIpc) is 2.53. The average molecular weight is 347 g/mol. The van der Waals surface area contributed by atoms with Crippen LogP contribution in [-0.4, -0.2) is 22.4 Å². The quantitative estimate of drug-likeness (QED) is 0.729. The zero-order valence-corrected chi connectivity index (χ0v) is 15.1. The molecule has 0 spiro atoms. The van der Waals surface area contributed by atoms with Gasteiger partial charge in [-0.3, -0.25) is 4.79 Å². The summed E-state index contributed by atoms with van der Waals surface area (Å²) < 4.78 is 0. The van der Waals surface area contributed by atoms with E-state index < -0.39 is 0 Å². The van der Waals surface area contributed by atoms with Crippen molar-refractivity contribution >= 4 is 29.1 Å². The maximum atomic E-state index is 12.2. The molecule has 0 atom stereocenters. The predicted octanol–water partition coefficient (Wildman–Crippen LogP) is 4.41. The third-order valence-electron chi connectivity index (χ3n) is 3.59. The Kier molecular flexibility index (Phi) is 6.55. The minimum Gasteiger partial charge on any atom is -0.351 e. The van der Waals surface area contributed by atoms with Gasteiger partial charge in [0.1, 0.15) is 5.69 Å². The van der Waals surface area contributed by atoms with Crippen LogP contribution in [0.1, 0.15) is 47.9 Å². The fourth-order valence-corrected chi connectivity index (χ4v) is 2.52. The van der Waals surface area contributed by atoms with Crippen LogP contribution in [0.25, 0.3) is 0 Å². The maximum absolute atomic E-state index is 12.2. The van der Waals surface area contributed by atoms with Gasteiger partial charge >= 0.3 is 0 Å². The lowest BCUT2D eigenvalue weighted by Crippen LogP contribution is -2.26. The number of aryl methyl sites for hydroxylation is 2. The number of rotatable bonds is 7. The molecule has 0 radical (unpaired) electrons. The maximum Gasteiger partial charge on any atom is 0.270 e. The number of carbonyl (C=O) groups is 1. The summed E-state index contributed by atoms with van der Waals surface area (Å²) in [7, 11) is 0. The van der Waals surface area contributed by atoms with Crippen LogP contribution < -0.4 is 10.6 Å². The molecule has 2 aromatic rings. The molecule has 128 valence electrons. The minimum absolute atomic E-state index is 0.174. The number of anilines is 2. The second-order valence-corrected chi connectivity index (χ2v) is 6.20. The Hall–Kier alpha value is -2.14. The number of nitrogens with zero attached hydrogens (tertiary/aromatic N) is 2. The van der Waals surface area contributed by atoms with E-state index in [0.29, 0.717) is 23.2 Å². The molecular formula is C18H23ClN4O. The van der Waals surface area contributed by atoms with Crippen molar-refractivity contribution in [3.05, 3.63) is 46.2 Å². The van der Waals surface area contributed by atoms with Gasteiger partial charge in [-0.15, -0.1) is 0 Å². The predicted molar refractivity (Wildman–Crippen MR) is 98.1 cm³/mol. The first-order valence-electron chi connectivity index (χ1n) is 8.16. The highest BCUT2D eigenvalue weighted by atomic mass is 35.5. The van der Waals surface area contributed by atoms with Crippen LogP contribution in [0.15, 0.2) is 24.3 Å². The number of aromatic nitrogens is 2. The van der Waals surface area contributed by atoms with Crippen molar-refractivity contribution in [2.24, 2.45) is 0 Å². The molecule has 0 unspecified atom stereocenters. The summed E-state index contributed by atoms with van der Waals surface area (Å²) in [5.41, 5.74) is 2.95. The molecule has 24 heavy (non-hydrogen) atoms. The van der Waals surface area contributed by atoms with Crippen LogP contribution in [0.3, 0.4) is 0 Å². The molecular weight excluding hydrogens is 324 g/mol. The zero-order valence-electron chi connectivity index (χ0n) is 14.3. The van der Waals surface area contributed by atoms with Crippen molar-refractivity contribution in [2.45, 2.75) is 40.0 Å². The Morgan fingerprint density at radius 3 is 2.67 bits per heavy atom. The molecule has 0 aliphatic heterocycles. The zero-order chi connectivity index (χ0) is 17.5.